The molecule has 1 amide bonds. The van der Waals surface area contributed by atoms with E-state index < -0.39 is 17.8 Å². The zero-order valence-corrected chi connectivity index (χ0v) is 28.5. The first-order chi connectivity index (χ1) is 21.8. The van der Waals surface area contributed by atoms with Crippen molar-refractivity contribution in [3.05, 3.63) is 58.5 Å². The highest BCUT2D eigenvalue weighted by Crippen LogP contribution is 2.34. The Hall–Kier alpha value is -3.22. The van der Waals surface area contributed by atoms with Gasteiger partial charge in [0.05, 0.1) is 24.2 Å². The number of nitrogens with zero attached hydrogens (tertiary/aromatic N) is 6. The van der Waals surface area contributed by atoms with Crippen molar-refractivity contribution in [2.75, 3.05) is 44.2 Å². The van der Waals surface area contributed by atoms with Crippen LogP contribution in [0.5, 0.6) is 6.01 Å². The van der Waals surface area contributed by atoms with Crippen molar-refractivity contribution in [3.8, 4) is 12.1 Å². The first-order valence-corrected chi connectivity index (χ1v) is 16.9. The van der Waals surface area contributed by atoms with Crippen molar-refractivity contribution >= 4 is 23.3 Å². The van der Waals surface area contributed by atoms with Gasteiger partial charge in [0, 0.05) is 36.3 Å². The predicted octanol–water partition coefficient (Wildman–Crippen LogP) is 7.12. The van der Waals surface area contributed by atoms with Crippen molar-refractivity contribution in [2.24, 2.45) is 0 Å². The van der Waals surface area contributed by atoms with Crippen LogP contribution in [0.4, 0.5) is 10.2 Å². The molecule has 8 nitrogen and oxygen atoms in total. The van der Waals surface area contributed by atoms with E-state index in [0.29, 0.717) is 31.7 Å². The molecule has 10 heteroatoms. The number of hydrogen-bond acceptors (Lipinski definition) is 7. The van der Waals surface area contributed by atoms with E-state index in [9.17, 15) is 14.4 Å². The summed E-state index contributed by atoms with van der Waals surface area (Å²) in [5.41, 5.74) is 3.12. The average Bonchev–Trinajstić information content (AvgIpc) is 3.52. The molecule has 2 fully saturated rings. The highest BCUT2D eigenvalue weighted by atomic mass is 35.5. The number of amides is 1. The minimum atomic E-state index is -1.01. The summed E-state index contributed by atoms with van der Waals surface area (Å²) in [6.07, 6.45) is 5.66. The van der Waals surface area contributed by atoms with E-state index in [1.807, 2.05) is 32.0 Å². The van der Waals surface area contributed by atoms with E-state index in [1.165, 1.54) is 4.90 Å². The molecule has 3 heterocycles. The fraction of sp³-hybridized carbons (Fsp3) is 0.600. The summed E-state index contributed by atoms with van der Waals surface area (Å²) < 4.78 is 20.2. The lowest BCUT2D eigenvalue weighted by atomic mass is 9.93. The lowest BCUT2D eigenvalue weighted by Crippen LogP contribution is -2.55. The number of carbonyl (C=O) groups excluding carboxylic acids is 1. The maximum Gasteiger partial charge on any atom is 0.318 e. The minimum Gasteiger partial charge on any atom is -0.462 e. The van der Waals surface area contributed by atoms with E-state index in [-0.39, 0.29) is 18.9 Å². The van der Waals surface area contributed by atoms with Crippen LogP contribution in [0.3, 0.4) is 0 Å². The molecule has 0 radical (unpaired) electrons. The Bertz CT molecular complexity index is 1320. The van der Waals surface area contributed by atoms with Gasteiger partial charge in [-0.1, -0.05) is 77.4 Å². The molecule has 3 unspecified atom stereocenters. The van der Waals surface area contributed by atoms with Gasteiger partial charge in [-0.3, -0.25) is 9.69 Å². The number of piperazine rings is 1. The van der Waals surface area contributed by atoms with Crippen molar-refractivity contribution in [3.63, 3.8) is 0 Å². The second-order valence-corrected chi connectivity index (χ2v) is 12.0. The number of anilines is 1. The number of nitriles is 1. The summed E-state index contributed by atoms with van der Waals surface area (Å²) >= 11 is 6.47. The van der Waals surface area contributed by atoms with Crippen molar-refractivity contribution in [2.45, 2.75) is 97.6 Å². The molecule has 0 aliphatic carbocycles. The van der Waals surface area contributed by atoms with E-state index in [4.69, 9.17) is 26.3 Å². The van der Waals surface area contributed by atoms with Crippen LogP contribution in [-0.4, -0.2) is 77.1 Å². The molecule has 0 saturated carbocycles. The fourth-order valence-electron chi connectivity index (χ4n) is 6.32. The van der Waals surface area contributed by atoms with Crippen molar-refractivity contribution in [1.82, 2.24) is 19.8 Å². The molecule has 1 aromatic heterocycles. The molecule has 0 N–H and O–H groups in total. The lowest BCUT2D eigenvalue weighted by Gasteiger charge is -2.41. The molecule has 2 aliphatic heterocycles. The summed E-state index contributed by atoms with van der Waals surface area (Å²) in [6, 6.07) is 10.3. The number of halogens is 2. The van der Waals surface area contributed by atoms with Crippen LogP contribution in [-0.2, 0) is 17.6 Å². The predicted molar refractivity (Wildman–Crippen MR) is 180 cm³/mol. The van der Waals surface area contributed by atoms with Gasteiger partial charge in [-0.15, -0.1) is 0 Å². The molecule has 2 aliphatic rings. The largest absolute Gasteiger partial charge is 0.462 e. The lowest BCUT2D eigenvalue weighted by molar-refractivity contribution is -0.131. The van der Waals surface area contributed by atoms with Crippen LogP contribution in [0, 0.1) is 11.3 Å². The van der Waals surface area contributed by atoms with Crippen LogP contribution in [0.2, 0.25) is 5.02 Å². The number of rotatable bonds is 13. The molecule has 3 atom stereocenters. The van der Waals surface area contributed by atoms with Crippen LogP contribution in [0.15, 0.2) is 36.7 Å². The van der Waals surface area contributed by atoms with Gasteiger partial charge in [-0.25, -0.2) is 4.39 Å². The van der Waals surface area contributed by atoms with Gasteiger partial charge >= 0.3 is 6.01 Å². The van der Waals surface area contributed by atoms with Crippen LogP contribution < -0.4 is 9.64 Å². The standard InChI is InChI=1S/C33H44ClFN6O2.C2H6/c1-5-10-28-30(23(3)14-15-25-11-7-8-13-29(25)34)37-33(43-22-27-12-9-18-39(27)6-2)38-31(28)40-19-20-41(32(42)24(4)35)26(21-40)16-17-36;1-2/h7-8,11,13,23,26-27H,4-6,9-10,12,14-16,18-22H2,1-3H3;1-2H3. The highest BCUT2D eigenvalue weighted by molar-refractivity contribution is 6.31. The van der Waals surface area contributed by atoms with Gasteiger partial charge in [-0.05, 0) is 62.7 Å². The Labute approximate surface area is 274 Å². The molecule has 246 valence electrons. The van der Waals surface area contributed by atoms with Crippen LogP contribution >= 0.6 is 11.6 Å². The third-order valence-corrected chi connectivity index (χ3v) is 9.05. The van der Waals surface area contributed by atoms with Crippen molar-refractivity contribution in [1.29, 1.82) is 5.26 Å². The number of ether oxygens (including phenoxy) is 1. The van der Waals surface area contributed by atoms with Gasteiger partial charge in [0.15, 0.2) is 5.83 Å². The molecule has 4 rings (SSSR count). The van der Waals surface area contributed by atoms with E-state index >= 15 is 0 Å². The average molecular weight is 641 g/mol. The Morgan fingerprint density at radius 1 is 1.18 bits per heavy atom. The zero-order chi connectivity index (χ0) is 32.9. The Kier molecular flexibility index (Phi) is 14.5. The van der Waals surface area contributed by atoms with E-state index in [2.05, 4.69) is 49.3 Å². The summed E-state index contributed by atoms with van der Waals surface area (Å²) in [6.45, 7) is 17.3. The summed E-state index contributed by atoms with van der Waals surface area (Å²) in [5.74, 6) is -0.887. The molecule has 2 aromatic rings. The molecule has 1 aromatic carbocycles. The maximum atomic E-state index is 13.8. The van der Waals surface area contributed by atoms with Gasteiger partial charge in [0.1, 0.15) is 12.4 Å². The summed E-state index contributed by atoms with van der Waals surface area (Å²) in [5, 5.41) is 10.3. The monoisotopic (exact) mass is 640 g/mol. The van der Waals surface area contributed by atoms with Crippen LogP contribution in [0.1, 0.15) is 89.5 Å². The Balaban J connectivity index is 0.00000271. The topological polar surface area (TPSA) is 85.6 Å². The second-order valence-electron chi connectivity index (χ2n) is 11.6. The first kappa shape index (κ1) is 36.3. The minimum absolute atomic E-state index is 0.0860. The van der Waals surface area contributed by atoms with Gasteiger partial charge in [0.25, 0.3) is 5.91 Å². The third kappa shape index (κ3) is 9.40. The molecule has 0 spiro atoms. The van der Waals surface area contributed by atoms with E-state index in [0.717, 1.165) is 79.3 Å². The van der Waals surface area contributed by atoms with Gasteiger partial charge in [-0.2, -0.15) is 15.2 Å². The Morgan fingerprint density at radius 2 is 1.93 bits per heavy atom. The maximum absolute atomic E-state index is 13.8. The number of carbonyl (C=O) groups is 1. The second kappa shape index (κ2) is 18.1. The number of likely N-dealkylation sites (tertiary alicyclic amines) is 1. The molecular formula is C35H50ClFN6O2. The number of likely N-dealkylation sites (N-methyl/N-ethyl adjacent to an activating group) is 1. The number of aromatic nitrogens is 2. The van der Waals surface area contributed by atoms with Gasteiger partial charge in [0.2, 0.25) is 0 Å². The summed E-state index contributed by atoms with van der Waals surface area (Å²) in [7, 11) is 0. The molecule has 45 heavy (non-hydrogen) atoms. The molecule has 0 bridgehead atoms. The summed E-state index contributed by atoms with van der Waals surface area (Å²) in [4.78, 5) is 28.5. The number of aryl methyl sites for hydroxylation is 1. The highest BCUT2D eigenvalue weighted by Gasteiger charge is 2.34. The normalized spacial score (nSPS) is 19.0. The first-order valence-electron chi connectivity index (χ1n) is 16.6. The fourth-order valence-corrected chi connectivity index (χ4v) is 6.55. The van der Waals surface area contributed by atoms with Crippen LogP contribution in [0.25, 0.3) is 0 Å². The number of hydrogen-bond donors (Lipinski definition) is 0. The SMILES string of the molecule is C=C(F)C(=O)N1CCN(c2nc(OCC3CCCN3CC)nc(C(C)CCc3ccccc3Cl)c2CCC)CC1CC#N.CC. The molecular weight excluding hydrogens is 591 g/mol. The smallest absolute Gasteiger partial charge is 0.318 e. The van der Waals surface area contributed by atoms with Crippen molar-refractivity contribution < 1.29 is 13.9 Å². The number of benzene rings is 1. The van der Waals surface area contributed by atoms with Gasteiger partial charge < -0.3 is 14.5 Å². The Morgan fingerprint density at radius 3 is 2.60 bits per heavy atom. The van der Waals surface area contributed by atoms with E-state index in [1.54, 1.807) is 0 Å². The zero-order valence-electron chi connectivity index (χ0n) is 27.7. The molecule has 2 saturated heterocycles. The quantitative estimate of drug-likeness (QED) is 0.216. The third-order valence-electron chi connectivity index (χ3n) is 8.68.